The molecule has 4 nitrogen and oxygen atoms in total. The summed E-state index contributed by atoms with van der Waals surface area (Å²) in [7, 11) is 0. The Balaban J connectivity index is 1.64. The standard InChI is InChI=1S/C15H20N2O2/c18-14-3-1-2-12(8-14)10-17(9-11-4-5-11)15(19)16-13-6-7-13/h1-3,8,11,13,18H,4-7,9-10H2,(H,16,19). The second kappa shape index (κ2) is 5.11. The normalized spacial score (nSPS) is 18.1. The molecule has 2 N–H and O–H groups in total. The van der Waals surface area contributed by atoms with E-state index >= 15 is 0 Å². The monoisotopic (exact) mass is 260 g/mol. The number of amides is 2. The molecule has 4 heteroatoms. The number of benzene rings is 1. The van der Waals surface area contributed by atoms with Crippen LogP contribution in [0.2, 0.25) is 0 Å². The molecular formula is C15H20N2O2. The van der Waals surface area contributed by atoms with E-state index in [0.717, 1.165) is 24.9 Å². The van der Waals surface area contributed by atoms with Gasteiger partial charge < -0.3 is 15.3 Å². The Labute approximate surface area is 113 Å². The molecular weight excluding hydrogens is 240 g/mol. The molecule has 0 radical (unpaired) electrons. The van der Waals surface area contributed by atoms with Crippen LogP contribution in [0, 0.1) is 5.92 Å². The molecule has 0 spiro atoms. The van der Waals surface area contributed by atoms with Crippen molar-refractivity contribution >= 4 is 6.03 Å². The molecule has 0 bridgehead atoms. The molecule has 0 heterocycles. The molecule has 1 aromatic carbocycles. The van der Waals surface area contributed by atoms with Crippen LogP contribution in [-0.2, 0) is 6.54 Å². The Morgan fingerprint density at radius 2 is 2.11 bits per heavy atom. The third-order valence-corrected chi connectivity index (χ3v) is 3.65. The summed E-state index contributed by atoms with van der Waals surface area (Å²) in [6.45, 7) is 1.40. The van der Waals surface area contributed by atoms with Gasteiger partial charge in [0.15, 0.2) is 0 Å². The van der Waals surface area contributed by atoms with Crippen LogP contribution in [0.3, 0.4) is 0 Å². The lowest BCUT2D eigenvalue weighted by atomic mass is 10.2. The predicted octanol–water partition coefficient (Wildman–Crippen LogP) is 2.48. The summed E-state index contributed by atoms with van der Waals surface area (Å²) in [6, 6.07) is 7.57. The van der Waals surface area contributed by atoms with Crippen molar-refractivity contribution in [1.29, 1.82) is 0 Å². The minimum Gasteiger partial charge on any atom is -0.508 e. The van der Waals surface area contributed by atoms with Gasteiger partial charge in [0.1, 0.15) is 5.75 Å². The highest BCUT2D eigenvalue weighted by Gasteiger charge is 2.30. The number of hydrogen-bond donors (Lipinski definition) is 2. The number of nitrogens with zero attached hydrogens (tertiary/aromatic N) is 1. The molecule has 102 valence electrons. The van der Waals surface area contributed by atoms with Crippen molar-refractivity contribution in [2.45, 2.75) is 38.3 Å². The summed E-state index contributed by atoms with van der Waals surface area (Å²) in [4.78, 5) is 14.1. The topological polar surface area (TPSA) is 52.6 Å². The molecule has 2 amide bonds. The second-order valence-corrected chi connectivity index (χ2v) is 5.72. The number of phenols is 1. The Bertz CT molecular complexity index is 467. The zero-order valence-electron chi connectivity index (χ0n) is 11.0. The van der Waals surface area contributed by atoms with Crippen LogP contribution < -0.4 is 5.32 Å². The van der Waals surface area contributed by atoms with Crippen molar-refractivity contribution in [3.05, 3.63) is 29.8 Å². The van der Waals surface area contributed by atoms with Crippen molar-refractivity contribution in [1.82, 2.24) is 10.2 Å². The fourth-order valence-corrected chi connectivity index (χ4v) is 2.20. The first-order valence-corrected chi connectivity index (χ1v) is 7.04. The molecule has 1 aromatic rings. The molecule has 2 aliphatic carbocycles. The van der Waals surface area contributed by atoms with Gasteiger partial charge in [0.25, 0.3) is 0 Å². The van der Waals surface area contributed by atoms with Crippen LogP contribution in [0.5, 0.6) is 5.75 Å². The number of hydrogen-bond acceptors (Lipinski definition) is 2. The van der Waals surface area contributed by atoms with Crippen LogP contribution in [0.15, 0.2) is 24.3 Å². The zero-order chi connectivity index (χ0) is 13.2. The minimum absolute atomic E-state index is 0.0396. The molecule has 0 unspecified atom stereocenters. The molecule has 3 rings (SSSR count). The Morgan fingerprint density at radius 3 is 2.74 bits per heavy atom. The zero-order valence-corrected chi connectivity index (χ0v) is 11.0. The Hall–Kier alpha value is -1.71. The highest BCUT2D eigenvalue weighted by molar-refractivity contribution is 5.75. The molecule has 2 saturated carbocycles. The Kier molecular flexibility index (Phi) is 3.32. The smallest absolute Gasteiger partial charge is 0.317 e. The fraction of sp³-hybridized carbons (Fsp3) is 0.533. The van der Waals surface area contributed by atoms with Gasteiger partial charge >= 0.3 is 6.03 Å². The number of urea groups is 1. The van der Waals surface area contributed by atoms with E-state index < -0.39 is 0 Å². The molecule has 2 aliphatic rings. The average molecular weight is 260 g/mol. The van der Waals surface area contributed by atoms with E-state index in [-0.39, 0.29) is 11.8 Å². The minimum atomic E-state index is 0.0396. The number of carbonyl (C=O) groups excluding carboxylic acids is 1. The van der Waals surface area contributed by atoms with Gasteiger partial charge in [-0.15, -0.1) is 0 Å². The summed E-state index contributed by atoms with van der Waals surface area (Å²) in [6.07, 6.45) is 4.67. The molecule has 0 aliphatic heterocycles. The fourth-order valence-electron chi connectivity index (χ4n) is 2.20. The maximum atomic E-state index is 12.2. The predicted molar refractivity (Wildman–Crippen MR) is 72.8 cm³/mol. The lowest BCUT2D eigenvalue weighted by Gasteiger charge is -2.23. The van der Waals surface area contributed by atoms with Gasteiger partial charge in [-0.1, -0.05) is 12.1 Å². The highest BCUT2D eigenvalue weighted by Crippen LogP contribution is 2.30. The first kappa shape index (κ1) is 12.3. The van der Waals surface area contributed by atoms with Crippen molar-refractivity contribution < 1.29 is 9.90 Å². The van der Waals surface area contributed by atoms with E-state index in [9.17, 15) is 9.90 Å². The van der Waals surface area contributed by atoms with Crippen molar-refractivity contribution in [2.24, 2.45) is 5.92 Å². The van der Waals surface area contributed by atoms with Crippen LogP contribution >= 0.6 is 0 Å². The first-order valence-electron chi connectivity index (χ1n) is 7.04. The maximum Gasteiger partial charge on any atom is 0.317 e. The summed E-state index contributed by atoms with van der Waals surface area (Å²) >= 11 is 0. The summed E-state index contributed by atoms with van der Waals surface area (Å²) < 4.78 is 0. The van der Waals surface area contributed by atoms with Gasteiger partial charge in [-0.05, 0) is 49.3 Å². The van der Waals surface area contributed by atoms with Gasteiger partial charge in [-0.3, -0.25) is 0 Å². The van der Waals surface area contributed by atoms with Crippen molar-refractivity contribution in [3.63, 3.8) is 0 Å². The maximum absolute atomic E-state index is 12.2. The van der Waals surface area contributed by atoms with E-state index in [1.54, 1.807) is 12.1 Å². The van der Waals surface area contributed by atoms with Gasteiger partial charge in [0.05, 0.1) is 0 Å². The van der Waals surface area contributed by atoms with E-state index in [1.165, 1.54) is 12.8 Å². The summed E-state index contributed by atoms with van der Waals surface area (Å²) in [5, 5.41) is 12.5. The molecule has 2 fully saturated rings. The SMILES string of the molecule is O=C(NC1CC1)N(Cc1cccc(O)c1)CC1CC1. The van der Waals surface area contributed by atoms with Gasteiger partial charge in [-0.25, -0.2) is 4.79 Å². The average Bonchev–Trinajstić information content (AvgIpc) is 3.23. The quantitative estimate of drug-likeness (QED) is 0.854. The van der Waals surface area contributed by atoms with Crippen LogP contribution in [-0.4, -0.2) is 28.6 Å². The lowest BCUT2D eigenvalue weighted by Crippen LogP contribution is -2.41. The lowest BCUT2D eigenvalue weighted by molar-refractivity contribution is 0.192. The van der Waals surface area contributed by atoms with E-state index in [0.29, 0.717) is 18.5 Å². The van der Waals surface area contributed by atoms with Crippen LogP contribution in [0.4, 0.5) is 4.79 Å². The number of aromatic hydroxyl groups is 1. The molecule has 0 saturated heterocycles. The first-order chi connectivity index (χ1) is 9.20. The van der Waals surface area contributed by atoms with Crippen LogP contribution in [0.1, 0.15) is 31.2 Å². The Morgan fingerprint density at radius 1 is 1.32 bits per heavy atom. The molecule has 0 atom stereocenters. The third kappa shape index (κ3) is 3.63. The van der Waals surface area contributed by atoms with E-state index in [1.807, 2.05) is 17.0 Å². The molecule has 19 heavy (non-hydrogen) atoms. The number of phenolic OH excluding ortho intramolecular Hbond substituents is 1. The van der Waals surface area contributed by atoms with Crippen LogP contribution in [0.25, 0.3) is 0 Å². The number of carbonyl (C=O) groups is 1. The highest BCUT2D eigenvalue weighted by atomic mass is 16.3. The summed E-state index contributed by atoms with van der Waals surface area (Å²) in [5.74, 6) is 0.925. The summed E-state index contributed by atoms with van der Waals surface area (Å²) in [5.41, 5.74) is 0.978. The van der Waals surface area contributed by atoms with E-state index in [2.05, 4.69) is 5.32 Å². The molecule has 0 aromatic heterocycles. The largest absolute Gasteiger partial charge is 0.508 e. The third-order valence-electron chi connectivity index (χ3n) is 3.65. The number of nitrogens with one attached hydrogen (secondary N) is 1. The number of rotatable bonds is 5. The van der Waals surface area contributed by atoms with Gasteiger partial charge in [0.2, 0.25) is 0 Å². The van der Waals surface area contributed by atoms with E-state index in [4.69, 9.17) is 0 Å². The van der Waals surface area contributed by atoms with Gasteiger partial charge in [-0.2, -0.15) is 0 Å². The van der Waals surface area contributed by atoms with Gasteiger partial charge in [0, 0.05) is 19.1 Å². The van der Waals surface area contributed by atoms with Crippen molar-refractivity contribution in [2.75, 3.05) is 6.54 Å². The van der Waals surface area contributed by atoms with Crippen molar-refractivity contribution in [3.8, 4) is 5.75 Å². The second-order valence-electron chi connectivity index (χ2n) is 5.72.